The summed E-state index contributed by atoms with van der Waals surface area (Å²) < 4.78 is 5.77. The predicted molar refractivity (Wildman–Crippen MR) is 118 cm³/mol. The monoisotopic (exact) mass is 438 g/mol. The van der Waals surface area contributed by atoms with Gasteiger partial charge >= 0.3 is 0 Å². The molecule has 2 aromatic carbocycles. The highest BCUT2D eigenvalue weighted by Gasteiger charge is 2.23. The van der Waals surface area contributed by atoms with Gasteiger partial charge in [0.25, 0.3) is 5.91 Å². The molecule has 1 aromatic heterocycles. The first-order chi connectivity index (χ1) is 15.1. The van der Waals surface area contributed by atoms with Crippen LogP contribution in [-0.2, 0) is 11.3 Å². The third kappa shape index (κ3) is 4.61. The van der Waals surface area contributed by atoms with Gasteiger partial charge in [0.2, 0.25) is 17.7 Å². The van der Waals surface area contributed by atoms with E-state index in [0.717, 1.165) is 25.1 Å². The average molecular weight is 439 g/mol. The molecule has 8 heteroatoms. The largest absolute Gasteiger partial charge is 0.419 e. The van der Waals surface area contributed by atoms with Crippen LogP contribution in [-0.4, -0.2) is 40.0 Å². The second-order valence-electron chi connectivity index (χ2n) is 7.40. The zero-order valence-corrected chi connectivity index (χ0v) is 18.0. The number of aromatic nitrogens is 2. The zero-order valence-electron chi connectivity index (χ0n) is 17.3. The van der Waals surface area contributed by atoms with Crippen LogP contribution in [0.5, 0.6) is 0 Å². The van der Waals surface area contributed by atoms with Gasteiger partial charge in [-0.05, 0) is 49.2 Å². The van der Waals surface area contributed by atoms with Crippen molar-refractivity contribution >= 4 is 29.1 Å². The fraction of sp³-hybridized carbons (Fsp3) is 0.304. The van der Waals surface area contributed by atoms with Crippen molar-refractivity contribution in [1.29, 1.82) is 0 Å². The molecule has 1 saturated heterocycles. The lowest BCUT2D eigenvalue weighted by Crippen LogP contribution is -2.31. The van der Waals surface area contributed by atoms with E-state index >= 15 is 0 Å². The molecule has 0 unspecified atom stereocenters. The standard InChI is InChI=1S/C23H23ClN4O3/c1-2-13-27(15-20-25-26-22(31-20)18-6-3-4-7-19(18)24)23(30)16-9-11-17(12-10-16)28-14-5-8-21(28)29/h3-4,6-7,9-12H,2,5,8,13-15H2,1H3. The van der Waals surface area contributed by atoms with Crippen molar-refractivity contribution in [1.82, 2.24) is 15.1 Å². The Labute approximate surface area is 185 Å². The number of hydrogen-bond acceptors (Lipinski definition) is 5. The fourth-order valence-corrected chi connectivity index (χ4v) is 3.85. The summed E-state index contributed by atoms with van der Waals surface area (Å²) in [5.41, 5.74) is 2.03. The Morgan fingerprint density at radius 3 is 2.61 bits per heavy atom. The van der Waals surface area contributed by atoms with Crippen molar-refractivity contribution in [2.45, 2.75) is 32.7 Å². The van der Waals surface area contributed by atoms with Crippen LogP contribution in [0.2, 0.25) is 5.02 Å². The highest BCUT2D eigenvalue weighted by molar-refractivity contribution is 6.33. The van der Waals surface area contributed by atoms with Gasteiger partial charge in [0.05, 0.1) is 17.1 Å². The molecule has 0 saturated carbocycles. The van der Waals surface area contributed by atoms with Crippen LogP contribution < -0.4 is 4.90 Å². The number of hydrogen-bond donors (Lipinski definition) is 0. The van der Waals surface area contributed by atoms with E-state index in [9.17, 15) is 9.59 Å². The molecule has 0 bridgehead atoms. The van der Waals surface area contributed by atoms with Gasteiger partial charge in [-0.3, -0.25) is 9.59 Å². The van der Waals surface area contributed by atoms with Gasteiger partial charge in [-0.2, -0.15) is 0 Å². The zero-order chi connectivity index (χ0) is 21.8. The van der Waals surface area contributed by atoms with E-state index in [1.807, 2.05) is 31.2 Å². The highest BCUT2D eigenvalue weighted by Crippen LogP contribution is 2.27. The number of amides is 2. The summed E-state index contributed by atoms with van der Waals surface area (Å²) in [5.74, 6) is 0.663. The maximum atomic E-state index is 13.1. The molecule has 2 heterocycles. The SMILES string of the molecule is CCCN(Cc1nnc(-c2ccccc2Cl)o1)C(=O)c1ccc(N2CCCC2=O)cc1. The normalized spacial score (nSPS) is 13.6. The van der Waals surface area contributed by atoms with Crippen LogP contribution in [0.25, 0.3) is 11.5 Å². The lowest BCUT2D eigenvalue weighted by Gasteiger charge is -2.21. The Kier molecular flexibility index (Phi) is 6.32. The molecule has 1 aliphatic heterocycles. The number of nitrogens with zero attached hydrogens (tertiary/aromatic N) is 4. The Morgan fingerprint density at radius 2 is 1.94 bits per heavy atom. The molecule has 4 rings (SSSR count). The molecule has 2 amide bonds. The number of rotatable bonds is 7. The minimum Gasteiger partial charge on any atom is -0.419 e. The Balaban J connectivity index is 1.49. The van der Waals surface area contributed by atoms with Crippen molar-refractivity contribution in [2.24, 2.45) is 0 Å². The van der Waals surface area contributed by atoms with Gasteiger partial charge in [-0.15, -0.1) is 10.2 Å². The van der Waals surface area contributed by atoms with Crippen LogP contribution in [0, 0.1) is 0 Å². The average Bonchev–Trinajstić information content (AvgIpc) is 3.42. The summed E-state index contributed by atoms with van der Waals surface area (Å²) in [6.07, 6.45) is 2.23. The third-order valence-electron chi connectivity index (χ3n) is 5.18. The van der Waals surface area contributed by atoms with Crippen molar-refractivity contribution in [2.75, 3.05) is 18.0 Å². The Hall–Kier alpha value is -3.19. The summed E-state index contributed by atoms with van der Waals surface area (Å²) >= 11 is 6.21. The molecule has 1 aliphatic rings. The summed E-state index contributed by atoms with van der Waals surface area (Å²) in [6.45, 7) is 3.48. The van der Waals surface area contributed by atoms with E-state index in [0.29, 0.717) is 40.9 Å². The lowest BCUT2D eigenvalue weighted by atomic mass is 10.1. The van der Waals surface area contributed by atoms with E-state index in [4.69, 9.17) is 16.0 Å². The molecule has 1 fully saturated rings. The van der Waals surface area contributed by atoms with Gasteiger partial charge in [0.15, 0.2) is 0 Å². The second-order valence-corrected chi connectivity index (χ2v) is 7.81. The number of halogens is 1. The first-order valence-electron chi connectivity index (χ1n) is 10.3. The number of carbonyl (C=O) groups excluding carboxylic acids is 2. The van der Waals surface area contributed by atoms with Crippen LogP contribution in [0.4, 0.5) is 5.69 Å². The number of benzene rings is 2. The predicted octanol–water partition coefficient (Wildman–Crippen LogP) is 4.57. The Morgan fingerprint density at radius 1 is 1.16 bits per heavy atom. The van der Waals surface area contributed by atoms with Crippen LogP contribution in [0.15, 0.2) is 52.9 Å². The molecule has 160 valence electrons. The molecule has 0 spiro atoms. The molecule has 7 nitrogen and oxygen atoms in total. The smallest absolute Gasteiger partial charge is 0.254 e. The van der Waals surface area contributed by atoms with E-state index in [2.05, 4.69) is 10.2 Å². The molecule has 0 atom stereocenters. The second kappa shape index (κ2) is 9.31. The molecule has 0 N–H and O–H groups in total. The first-order valence-corrected chi connectivity index (χ1v) is 10.7. The number of anilines is 1. The maximum Gasteiger partial charge on any atom is 0.254 e. The topological polar surface area (TPSA) is 79.5 Å². The minimum atomic E-state index is -0.126. The summed E-state index contributed by atoms with van der Waals surface area (Å²) in [5, 5.41) is 8.70. The number of carbonyl (C=O) groups is 2. The van der Waals surface area contributed by atoms with Crippen molar-refractivity contribution in [3.8, 4) is 11.5 Å². The quantitative estimate of drug-likeness (QED) is 0.539. The van der Waals surface area contributed by atoms with Crippen molar-refractivity contribution < 1.29 is 14.0 Å². The van der Waals surface area contributed by atoms with Crippen LogP contribution in [0.3, 0.4) is 0 Å². The van der Waals surface area contributed by atoms with E-state index in [1.165, 1.54) is 0 Å². The third-order valence-corrected chi connectivity index (χ3v) is 5.51. The highest BCUT2D eigenvalue weighted by atomic mass is 35.5. The van der Waals surface area contributed by atoms with Gasteiger partial charge in [0.1, 0.15) is 0 Å². The molecule has 0 radical (unpaired) electrons. The Bertz CT molecular complexity index is 1080. The van der Waals surface area contributed by atoms with E-state index < -0.39 is 0 Å². The maximum absolute atomic E-state index is 13.1. The molecule has 0 aliphatic carbocycles. The van der Waals surface area contributed by atoms with E-state index in [-0.39, 0.29) is 18.4 Å². The van der Waals surface area contributed by atoms with E-state index in [1.54, 1.807) is 34.1 Å². The van der Waals surface area contributed by atoms with Crippen molar-refractivity contribution in [3.63, 3.8) is 0 Å². The summed E-state index contributed by atoms with van der Waals surface area (Å²) in [6, 6.07) is 14.4. The first kappa shape index (κ1) is 21.1. The molecular weight excluding hydrogens is 416 g/mol. The molecular formula is C23H23ClN4O3. The minimum absolute atomic E-state index is 0.123. The lowest BCUT2D eigenvalue weighted by molar-refractivity contribution is -0.117. The van der Waals surface area contributed by atoms with Gasteiger partial charge in [-0.1, -0.05) is 30.7 Å². The van der Waals surface area contributed by atoms with Gasteiger partial charge in [-0.25, -0.2) is 0 Å². The fourth-order valence-electron chi connectivity index (χ4n) is 3.63. The summed E-state index contributed by atoms with van der Waals surface area (Å²) in [4.78, 5) is 28.5. The molecule has 31 heavy (non-hydrogen) atoms. The summed E-state index contributed by atoms with van der Waals surface area (Å²) in [7, 11) is 0. The molecule has 3 aromatic rings. The van der Waals surface area contributed by atoms with Crippen LogP contribution >= 0.6 is 11.6 Å². The van der Waals surface area contributed by atoms with Gasteiger partial charge in [0, 0.05) is 30.8 Å². The van der Waals surface area contributed by atoms with Gasteiger partial charge < -0.3 is 14.2 Å². The van der Waals surface area contributed by atoms with Crippen LogP contribution in [0.1, 0.15) is 42.4 Å². The van der Waals surface area contributed by atoms with Crippen molar-refractivity contribution in [3.05, 3.63) is 65.0 Å².